The minimum Gasteiger partial charge on any atom is -0.480 e. The van der Waals surface area contributed by atoms with E-state index in [4.69, 9.17) is 34.7 Å². The summed E-state index contributed by atoms with van der Waals surface area (Å²) in [6.07, 6.45) is 5.09. The molecule has 0 saturated heterocycles. The second kappa shape index (κ2) is 6.29. The molecule has 1 amide bonds. The number of halogens is 2. The van der Waals surface area contributed by atoms with E-state index in [0.29, 0.717) is 0 Å². The number of carboxylic acid groups (broad SMARTS) is 1. The summed E-state index contributed by atoms with van der Waals surface area (Å²) in [5.74, 6) is 0.448. The fourth-order valence-electron chi connectivity index (χ4n) is 1.33. The SMILES string of the molecule is C#CCN(CC(=O)O)C(=O)c1c(Cl)cccc1Cl. The number of amides is 1. The molecule has 0 aliphatic rings. The van der Waals surface area contributed by atoms with E-state index in [2.05, 4.69) is 5.92 Å². The molecule has 1 aromatic rings. The molecule has 0 unspecified atom stereocenters. The Morgan fingerprint density at radius 3 is 2.33 bits per heavy atom. The summed E-state index contributed by atoms with van der Waals surface area (Å²) in [6.45, 7) is -0.642. The number of carbonyl (C=O) groups is 2. The van der Waals surface area contributed by atoms with Crippen molar-refractivity contribution in [3.05, 3.63) is 33.8 Å². The van der Waals surface area contributed by atoms with Gasteiger partial charge >= 0.3 is 5.97 Å². The van der Waals surface area contributed by atoms with Crippen molar-refractivity contribution in [3.63, 3.8) is 0 Å². The number of hydrogen-bond donors (Lipinski definition) is 1. The van der Waals surface area contributed by atoms with Crippen LogP contribution in [0.4, 0.5) is 0 Å². The highest BCUT2D eigenvalue weighted by molar-refractivity contribution is 6.39. The van der Waals surface area contributed by atoms with Gasteiger partial charge in [-0.2, -0.15) is 0 Å². The van der Waals surface area contributed by atoms with Crippen molar-refractivity contribution < 1.29 is 14.7 Å². The van der Waals surface area contributed by atoms with Crippen LogP contribution < -0.4 is 0 Å². The molecule has 6 heteroatoms. The molecular formula is C12H9Cl2NO3. The van der Waals surface area contributed by atoms with Crippen LogP contribution in [-0.4, -0.2) is 35.0 Å². The first-order valence-corrected chi connectivity index (χ1v) is 5.61. The zero-order valence-corrected chi connectivity index (χ0v) is 10.7. The molecule has 1 N–H and O–H groups in total. The summed E-state index contributed by atoms with van der Waals surface area (Å²) >= 11 is 11.7. The highest BCUT2D eigenvalue weighted by Gasteiger charge is 2.22. The molecule has 1 aromatic carbocycles. The van der Waals surface area contributed by atoms with Crippen molar-refractivity contribution in [1.29, 1.82) is 0 Å². The van der Waals surface area contributed by atoms with Crippen molar-refractivity contribution >= 4 is 35.1 Å². The summed E-state index contributed by atoms with van der Waals surface area (Å²) < 4.78 is 0. The van der Waals surface area contributed by atoms with Crippen molar-refractivity contribution in [1.82, 2.24) is 4.90 Å². The molecule has 1 rings (SSSR count). The highest BCUT2D eigenvalue weighted by atomic mass is 35.5. The summed E-state index contributed by atoms with van der Waals surface area (Å²) in [7, 11) is 0. The maximum Gasteiger partial charge on any atom is 0.323 e. The quantitative estimate of drug-likeness (QED) is 0.863. The van der Waals surface area contributed by atoms with E-state index in [9.17, 15) is 9.59 Å². The average Bonchev–Trinajstić information content (AvgIpc) is 2.27. The van der Waals surface area contributed by atoms with Crippen molar-refractivity contribution in [3.8, 4) is 12.3 Å². The number of rotatable bonds is 4. The molecule has 0 spiro atoms. The minimum atomic E-state index is -1.17. The van der Waals surface area contributed by atoms with Gasteiger partial charge in [-0.1, -0.05) is 35.2 Å². The Balaban J connectivity index is 3.10. The maximum absolute atomic E-state index is 12.1. The topological polar surface area (TPSA) is 57.6 Å². The summed E-state index contributed by atoms with van der Waals surface area (Å²) in [4.78, 5) is 23.8. The van der Waals surface area contributed by atoms with Gasteiger partial charge < -0.3 is 10.0 Å². The van der Waals surface area contributed by atoms with Crippen LogP contribution in [0.3, 0.4) is 0 Å². The fourth-order valence-corrected chi connectivity index (χ4v) is 1.89. The second-order valence-electron chi connectivity index (χ2n) is 3.36. The van der Waals surface area contributed by atoms with Crippen LogP contribution in [0.1, 0.15) is 10.4 Å². The number of carbonyl (C=O) groups excluding carboxylic acids is 1. The first-order valence-electron chi connectivity index (χ1n) is 4.86. The molecule has 0 radical (unpaired) electrons. The molecule has 0 aromatic heterocycles. The average molecular weight is 286 g/mol. The van der Waals surface area contributed by atoms with Gasteiger partial charge in [-0.25, -0.2) is 0 Å². The lowest BCUT2D eigenvalue weighted by molar-refractivity contribution is -0.137. The van der Waals surface area contributed by atoms with Gasteiger partial charge in [-0.3, -0.25) is 9.59 Å². The van der Waals surface area contributed by atoms with Crippen LogP contribution in [0.15, 0.2) is 18.2 Å². The van der Waals surface area contributed by atoms with Crippen molar-refractivity contribution in [2.24, 2.45) is 0 Å². The molecule has 4 nitrogen and oxygen atoms in total. The van der Waals surface area contributed by atoms with Crippen LogP contribution in [0.2, 0.25) is 10.0 Å². The number of benzene rings is 1. The van der Waals surface area contributed by atoms with E-state index in [1.54, 1.807) is 6.07 Å². The third-order valence-electron chi connectivity index (χ3n) is 2.07. The lowest BCUT2D eigenvalue weighted by Crippen LogP contribution is -2.36. The molecule has 18 heavy (non-hydrogen) atoms. The molecule has 0 aliphatic carbocycles. The van der Waals surface area contributed by atoms with Gasteiger partial charge in [-0.15, -0.1) is 6.42 Å². The Morgan fingerprint density at radius 2 is 1.89 bits per heavy atom. The van der Waals surface area contributed by atoms with E-state index in [0.717, 1.165) is 4.90 Å². The first-order chi connectivity index (χ1) is 8.47. The van der Waals surface area contributed by atoms with Crippen LogP contribution in [0, 0.1) is 12.3 Å². The summed E-state index contributed by atoms with van der Waals surface area (Å²) in [5, 5.41) is 9.02. The minimum absolute atomic E-state index is 0.0531. The summed E-state index contributed by atoms with van der Waals surface area (Å²) in [6, 6.07) is 4.58. The van der Waals surface area contributed by atoms with Crippen LogP contribution in [-0.2, 0) is 4.79 Å². The molecule has 0 saturated carbocycles. The Hall–Kier alpha value is -1.70. The molecule has 0 fully saturated rings. The second-order valence-corrected chi connectivity index (χ2v) is 4.17. The van der Waals surface area contributed by atoms with Gasteiger partial charge in [0.25, 0.3) is 5.91 Å². The maximum atomic E-state index is 12.1. The predicted octanol–water partition coefficient (Wildman–Crippen LogP) is 2.15. The predicted molar refractivity (Wildman–Crippen MR) is 68.8 cm³/mol. The molecule has 0 atom stereocenters. The van der Waals surface area contributed by atoms with Gasteiger partial charge in [0.2, 0.25) is 0 Å². The lowest BCUT2D eigenvalue weighted by atomic mass is 10.2. The zero-order valence-electron chi connectivity index (χ0n) is 9.19. The van der Waals surface area contributed by atoms with Crippen molar-refractivity contribution in [2.45, 2.75) is 0 Å². The van der Waals surface area contributed by atoms with Crippen LogP contribution >= 0.6 is 23.2 Å². The Labute approximate surface area is 114 Å². The Kier molecular flexibility index (Phi) is 5.02. The Bertz CT molecular complexity index is 502. The van der Waals surface area contributed by atoms with Gasteiger partial charge in [-0.05, 0) is 12.1 Å². The first kappa shape index (κ1) is 14.4. The molecular weight excluding hydrogens is 277 g/mol. The number of carboxylic acids is 1. The van der Waals surface area contributed by atoms with E-state index >= 15 is 0 Å². The van der Waals surface area contributed by atoms with Gasteiger partial charge in [0.15, 0.2) is 0 Å². The number of terminal acetylenes is 1. The smallest absolute Gasteiger partial charge is 0.323 e. The van der Waals surface area contributed by atoms with E-state index < -0.39 is 18.4 Å². The van der Waals surface area contributed by atoms with Gasteiger partial charge in [0.05, 0.1) is 22.2 Å². The molecule has 0 aliphatic heterocycles. The molecule has 0 heterocycles. The third kappa shape index (κ3) is 3.39. The number of nitrogens with zero attached hydrogens (tertiary/aromatic N) is 1. The Morgan fingerprint density at radius 1 is 1.33 bits per heavy atom. The van der Waals surface area contributed by atoms with E-state index in [-0.39, 0.29) is 22.2 Å². The fraction of sp³-hybridized carbons (Fsp3) is 0.167. The number of aliphatic carboxylic acids is 1. The van der Waals surface area contributed by atoms with Crippen LogP contribution in [0.25, 0.3) is 0 Å². The number of hydrogen-bond acceptors (Lipinski definition) is 2. The third-order valence-corrected chi connectivity index (χ3v) is 2.70. The summed E-state index contributed by atoms with van der Waals surface area (Å²) in [5.41, 5.74) is 0.0531. The van der Waals surface area contributed by atoms with Gasteiger partial charge in [0.1, 0.15) is 6.54 Å². The van der Waals surface area contributed by atoms with E-state index in [1.807, 2.05) is 0 Å². The van der Waals surface area contributed by atoms with E-state index in [1.165, 1.54) is 12.1 Å². The monoisotopic (exact) mass is 285 g/mol. The van der Waals surface area contributed by atoms with Gasteiger partial charge in [0, 0.05) is 0 Å². The standard InChI is InChI=1S/C12H9Cl2NO3/c1-2-6-15(7-10(16)17)12(18)11-8(13)4-3-5-9(11)14/h1,3-5H,6-7H2,(H,16,17). The van der Waals surface area contributed by atoms with Crippen molar-refractivity contribution in [2.75, 3.05) is 13.1 Å². The lowest BCUT2D eigenvalue weighted by Gasteiger charge is -2.19. The molecule has 94 valence electrons. The largest absolute Gasteiger partial charge is 0.480 e. The molecule has 0 bridgehead atoms. The highest BCUT2D eigenvalue weighted by Crippen LogP contribution is 2.25. The zero-order chi connectivity index (χ0) is 13.7. The van der Waals surface area contributed by atoms with Crippen LogP contribution in [0.5, 0.6) is 0 Å². The normalized spacial score (nSPS) is 9.61.